The van der Waals surface area contributed by atoms with Gasteiger partial charge in [0.05, 0.1) is 34.5 Å². The van der Waals surface area contributed by atoms with Crippen LogP contribution in [0.5, 0.6) is 5.75 Å². The molecule has 2 heterocycles. The van der Waals surface area contributed by atoms with Crippen LogP contribution in [0.1, 0.15) is 12.5 Å². The molecular formula is C30H28ClFN4O4S. The Kier molecular flexibility index (Phi) is 9.23. The molecule has 0 spiro atoms. The summed E-state index contributed by atoms with van der Waals surface area (Å²) >= 11 is 7.70. The molecule has 0 unspecified atom stereocenters. The van der Waals surface area contributed by atoms with Crippen LogP contribution in [0.25, 0.3) is 6.08 Å². The summed E-state index contributed by atoms with van der Waals surface area (Å²) in [5.41, 5.74) is 2.65. The van der Waals surface area contributed by atoms with Gasteiger partial charge in [-0.05, 0) is 78.9 Å². The molecular weight excluding hydrogens is 567 g/mol. The number of carbonyl (C=O) groups is 2. The number of ether oxygens (including phenoxy) is 2. The number of likely N-dealkylation sites (N-methyl/N-ethyl adjacent to an activating group) is 1. The van der Waals surface area contributed by atoms with Gasteiger partial charge in [-0.2, -0.15) is 0 Å². The van der Waals surface area contributed by atoms with E-state index in [-0.39, 0.29) is 23.2 Å². The van der Waals surface area contributed by atoms with Crippen LogP contribution in [-0.2, 0) is 14.3 Å². The minimum absolute atomic E-state index is 0.0712. The first-order valence-electron chi connectivity index (χ1n) is 13.1. The molecule has 8 nitrogen and oxygen atoms in total. The van der Waals surface area contributed by atoms with Crippen molar-refractivity contribution in [1.29, 1.82) is 0 Å². The molecule has 0 saturated carbocycles. The molecule has 3 aromatic carbocycles. The van der Waals surface area contributed by atoms with Crippen molar-refractivity contribution in [2.24, 2.45) is 4.99 Å². The number of aliphatic imine (C=N–C) groups is 1. The van der Waals surface area contributed by atoms with Gasteiger partial charge in [0, 0.05) is 25.3 Å². The van der Waals surface area contributed by atoms with E-state index < -0.39 is 11.7 Å². The Morgan fingerprint density at radius 3 is 2.61 bits per heavy atom. The second kappa shape index (κ2) is 13.2. The molecule has 3 aromatic rings. The molecule has 2 aliphatic rings. The summed E-state index contributed by atoms with van der Waals surface area (Å²) in [6.07, 6.45) is 1.75. The smallest absolute Gasteiger partial charge is 0.266 e. The van der Waals surface area contributed by atoms with Gasteiger partial charge in [-0.3, -0.25) is 14.5 Å². The van der Waals surface area contributed by atoms with Crippen molar-refractivity contribution in [3.8, 4) is 5.75 Å². The van der Waals surface area contributed by atoms with Crippen molar-refractivity contribution in [1.82, 2.24) is 4.90 Å². The van der Waals surface area contributed by atoms with Crippen LogP contribution < -0.4 is 15.0 Å². The minimum Gasteiger partial charge on any atom is -0.482 e. The lowest BCUT2D eigenvalue weighted by molar-refractivity contribution is -0.122. The summed E-state index contributed by atoms with van der Waals surface area (Å²) in [5.74, 6) is -0.900. The van der Waals surface area contributed by atoms with Crippen LogP contribution in [0.3, 0.4) is 0 Å². The van der Waals surface area contributed by atoms with Crippen molar-refractivity contribution >= 4 is 63.5 Å². The van der Waals surface area contributed by atoms with Crippen molar-refractivity contribution in [2.45, 2.75) is 6.92 Å². The van der Waals surface area contributed by atoms with Crippen molar-refractivity contribution in [3.05, 3.63) is 88.0 Å². The lowest BCUT2D eigenvalue weighted by atomic mass is 10.2. The van der Waals surface area contributed by atoms with Crippen LogP contribution in [0.4, 0.5) is 21.5 Å². The summed E-state index contributed by atoms with van der Waals surface area (Å²) in [5, 5.41) is 3.34. The molecule has 0 aromatic heterocycles. The minimum atomic E-state index is -0.535. The van der Waals surface area contributed by atoms with E-state index in [1.807, 2.05) is 31.2 Å². The van der Waals surface area contributed by atoms with Crippen molar-refractivity contribution in [2.75, 3.05) is 49.7 Å². The van der Waals surface area contributed by atoms with E-state index in [2.05, 4.69) is 10.2 Å². The molecule has 212 valence electrons. The quantitative estimate of drug-likeness (QED) is 0.324. The normalized spacial score (nSPS) is 17.4. The Labute approximate surface area is 246 Å². The number of rotatable bonds is 8. The Morgan fingerprint density at radius 1 is 1.15 bits per heavy atom. The number of morpholine rings is 1. The first kappa shape index (κ1) is 28.7. The molecule has 0 radical (unpaired) electrons. The van der Waals surface area contributed by atoms with Crippen LogP contribution in [0.2, 0.25) is 5.02 Å². The topological polar surface area (TPSA) is 83.5 Å². The second-order valence-corrected chi connectivity index (χ2v) is 10.6. The molecule has 2 aliphatic heterocycles. The Balaban J connectivity index is 1.24. The molecule has 41 heavy (non-hydrogen) atoms. The maximum absolute atomic E-state index is 13.8. The van der Waals surface area contributed by atoms with E-state index in [0.717, 1.165) is 37.7 Å². The van der Waals surface area contributed by atoms with Crippen molar-refractivity contribution < 1.29 is 23.5 Å². The van der Waals surface area contributed by atoms with Crippen LogP contribution in [-0.4, -0.2) is 61.3 Å². The largest absolute Gasteiger partial charge is 0.482 e. The molecule has 5 rings (SSSR count). The maximum atomic E-state index is 13.8. The molecule has 2 fully saturated rings. The molecule has 2 saturated heterocycles. The number of anilines is 2. The van der Waals surface area contributed by atoms with Gasteiger partial charge >= 0.3 is 0 Å². The number of nitrogens with one attached hydrogen (secondary N) is 1. The number of amides is 2. The number of thioether (sulfide) groups is 1. The first-order chi connectivity index (χ1) is 19.9. The third kappa shape index (κ3) is 7.08. The van der Waals surface area contributed by atoms with Gasteiger partial charge < -0.3 is 19.7 Å². The van der Waals surface area contributed by atoms with Gasteiger partial charge in [-0.1, -0.05) is 29.8 Å². The van der Waals surface area contributed by atoms with Gasteiger partial charge in [0.1, 0.15) is 11.6 Å². The number of para-hydroxylation sites is 1. The lowest BCUT2D eigenvalue weighted by Crippen LogP contribution is -2.36. The van der Waals surface area contributed by atoms with E-state index in [0.29, 0.717) is 27.9 Å². The van der Waals surface area contributed by atoms with E-state index in [1.165, 1.54) is 30.0 Å². The summed E-state index contributed by atoms with van der Waals surface area (Å²) in [6.45, 7) is 5.20. The number of carbonyl (C=O) groups excluding carboxylic acids is 2. The monoisotopic (exact) mass is 594 g/mol. The van der Waals surface area contributed by atoms with Crippen LogP contribution in [0.15, 0.2) is 76.6 Å². The van der Waals surface area contributed by atoms with Gasteiger partial charge in [-0.25, -0.2) is 9.38 Å². The maximum Gasteiger partial charge on any atom is 0.266 e. The van der Waals surface area contributed by atoms with E-state index >= 15 is 0 Å². The SMILES string of the molecule is CCN1C(=O)/C(=C/c2ccc(OCC(=O)Nc3ccccc3F)c(Cl)c2)SC1=Nc1ccc(N2CCOCC2)cc1. The zero-order chi connectivity index (χ0) is 28.8. The van der Waals surface area contributed by atoms with Crippen LogP contribution in [0, 0.1) is 5.82 Å². The Morgan fingerprint density at radius 2 is 1.90 bits per heavy atom. The molecule has 0 bridgehead atoms. The van der Waals surface area contributed by atoms with Gasteiger partial charge in [0.25, 0.3) is 11.8 Å². The third-order valence-corrected chi connectivity index (χ3v) is 7.72. The molecule has 0 atom stereocenters. The lowest BCUT2D eigenvalue weighted by Gasteiger charge is -2.28. The average Bonchev–Trinajstić information content (AvgIpc) is 3.27. The number of amidine groups is 1. The number of nitrogens with zero attached hydrogens (tertiary/aromatic N) is 3. The number of hydrogen-bond donors (Lipinski definition) is 1. The molecule has 2 amide bonds. The fourth-order valence-electron chi connectivity index (χ4n) is 4.31. The standard InChI is InChI=1S/C30H28ClFN4O4S/c1-2-36-29(38)27(41-30(36)33-21-8-10-22(11-9-21)35-13-15-39-16-14-35)18-20-7-12-26(23(31)17-20)40-19-28(37)34-25-6-4-3-5-24(25)32/h3-12,17-18H,2,13-16,19H2,1H3,(H,34,37)/b27-18-,33-30?. The van der Waals surface area contributed by atoms with Crippen LogP contribution >= 0.6 is 23.4 Å². The van der Waals surface area contributed by atoms with E-state index in [4.69, 9.17) is 26.1 Å². The predicted octanol–water partition coefficient (Wildman–Crippen LogP) is 5.96. The molecule has 11 heteroatoms. The van der Waals surface area contributed by atoms with Gasteiger partial charge in [0.2, 0.25) is 0 Å². The van der Waals surface area contributed by atoms with Crippen molar-refractivity contribution in [3.63, 3.8) is 0 Å². The Hall–Kier alpha value is -3.86. The van der Waals surface area contributed by atoms with E-state index in [9.17, 15) is 14.0 Å². The zero-order valence-electron chi connectivity index (χ0n) is 22.3. The summed E-state index contributed by atoms with van der Waals surface area (Å²) in [4.78, 5) is 34.5. The number of benzene rings is 3. The Bertz CT molecular complexity index is 1490. The van der Waals surface area contributed by atoms with Gasteiger partial charge in [-0.15, -0.1) is 0 Å². The summed E-state index contributed by atoms with van der Waals surface area (Å²) < 4.78 is 24.7. The third-order valence-electron chi connectivity index (χ3n) is 6.42. The van der Waals surface area contributed by atoms with E-state index in [1.54, 1.807) is 35.2 Å². The second-order valence-electron chi connectivity index (χ2n) is 9.18. The summed E-state index contributed by atoms with van der Waals surface area (Å²) in [6, 6.07) is 18.9. The fraction of sp³-hybridized carbons (Fsp3) is 0.233. The molecule has 0 aliphatic carbocycles. The highest BCUT2D eigenvalue weighted by Gasteiger charge is 2.32. The summed E-state index contributed by atoms with van der Waals surface area (Å²) in [7, 11) is 0. The zero-order valence-corrected chi connectivity index (χ0v) is 23.9. The first-order valence-corrected chi connectivity index (χ1v) is 14.3. The number of halogens is 2. The highest BCUT2D eigenvalue weighted by atomic mass is 35.5. The highest BCUT2D eigenvalue weighted by molar-refractivity contribution is 8.18. The fourth-order valence-corrected chi connectivity index (χ4v) is 5.61. The number of hydrogen-bond acceptors (Lipinski definition) is 7. The van der Waals surface area contributed by atoms with Gasteiger partial charge in [0.15, 0.2) is 11.8 Å². The highest BCUT2D eigenvalue weighted by Crippen LogP contribution is 2.35. The molecule has 1 N–H and O–H groups in total. The predicted molar refractivity (Wildman–Crippen MR) is 162 cm³/mol. The average molecular weight is 595 g/mol.